The predicted molar refractivity (Wildman–Crippen MR) is 113 cm³/mol. The Balaban J connectivity index is 1.62. The van der Waals surface area contributed by atoms with Crippen LogP contribution in [0.25, 0.3) is 0 Å². The van der Waals surface area contributed by atoms with Crippen molar-refractivity contribution in [2.45, 2.75) is 23.8 Å². The fourth-order valence-corrected chi connectivity index (χ4v) is 5.12. The smallest absolute Gasteiger partial charge is 0.313 e. The number of sulfonamides is 1. The lowest BCUT2D eigenvalue weighted by atomic mass is 10.2. The third-order valence-corrected chi connectivity index (χ3v) is 7.11. The number of anilines is 1. The van der Waals surface area contributed by atoms with E-state index in [0.29, 0.717) is 35.8 Å². The quantitative estimate of drug-likeness (QED) is 0.655. The van der Waals surface area contributed by atoms with Crippen molar-refractivity contribution in [3.63, 3.8) is 0 Å². The van der Waals surface area contributed by atoms with Gasteiger partial charge >= 0.3 is 11.8 Å². The molecule has 10 heteroatoms. The van der Waals surface area contributed by atoms with E-state index >= 15 is 0 Å². The highest BCUT2D eigenvalue weighted by Crippen LogP contribution is 2.27. The van der Waals surface area contributed by atoms with Crippen LogP contribution in [0.3, 0.4) is 0 Å². The first-order chi connectivity index (χ1) is 14.3. The van der Waals surface area contributed by atoms with Gasteiger partial charge in [-0.2, -0.15) is 4.31 Å². The van der Waals surface area contributed by atoms with Gasteiger partial charge in [-0.3, -0.25) is 9.59 Å². The van der Waals surface area contributed by atoms with E-state index in [1.807, 2.05) is 0 Å². The number of para-hydroxylation sites is 1. The lowest BCUT2D eigenvalue weighted by molar-refractivity contribution is -0.136. The molecule has 0 aromatic heterocycles. The maximum atomic E-state index is 13.0. The highest BCUT2D eigenvalue weighted by atomic mass is 35.5. The molecule has 2 aromatic carbocycles. The number of ether oxygens (including phenoxy) is 1. The Morgan fingerprint density at radius 2 is 1.83 bits per heavy atom. The monoisotopic (exact) mass is 451 g/mol. The Morgan fingerprint density at radius 1 is 1.13 bits per heavy atom. The Hall–Kier alpha value is -2.62. The van der Waals surface area contributed by atoms with Crippen molar-refractivity contribution in [1.82, 2.24) is 9.62 Å². The minimum absolute atomic E-state index is 0.0319. The summed E-state index contributed by atoms with van der Waals surface area (Å²) in [5.41, 5.74) is 0.323. The van der Waals surface area contributed by atoms with Crippen LogP contribution >= 0.6 is 11.6 Å². The van der Waals surface area contributed by atoms with Crippen molar-refractivity contribution in [1.29, 1.82) is 0 Å². The highest BCUT2D eigenvalue weighted by Gasteiger charge is 2.35. The Morgan fingerprint density at radius 3 is 2.50 bits per heavy atom. The van der Waals surface area contributed by atoms with E-state index in [4.69, 9.17) is 16.3 Å². The summed E-state index contributed by atoms with van der Waals surface area (Å²) in [6.07, 6.45) is 1.25. The normalized spacial score (nSPS) is 16.8. The van der Waals surface area contributed by atoms with Crippen LogP contribution in [-0.2, 0) is 19.6 Å². The predicted octanol–water partition coefficient (Wildman–Crippen LogP) is 2.26. The molecule has 3 rings (SSSR count). The van der Waals surface area contributed by atoms with E-state index < -0.39 is 27.9 Å². The zero-order valence-electron chi connectivity index (χ0n) is 16.3. The highest BCUT2D eigenvalue weighted by molar-refractivity contribution is 7.89. The van der Waals surface area contributed by atoms with Crippen molar-refractivity contribution >= 4 is 39.1 Å². The lowest BCUT2D eigenvalue weighted by Gasteiger charge is -2.24. The summed E-state index contributed by atoms with van der Waals surface area (Å²) in [5, 5.41) is 5.26. The molecule has 1 aliphatic rings. The van der Waals surface area contributed by atoms with Crippen molar-refractivity contribution in [2.24, 2.45) is 0 Å². The summed E-state index contributed by atoms with van der Waals surface area (Å²) >= 11 is 5.97. The molecule has 0 spiro atoms. The number of hydrogen-bond donors (Lipinski definition) is 2. The summed E-state index contributed by atoms with van der Waals surface area (Å²) in [6, 6.07) is 12.3. The number of hydrogen-bond acceptors (Lipinski definition) is 5. The maximum Gasteiger partial charge on any atom is 0.313 e. The molecule has 1 saturated heterocycles. The number of nitrogens with zero attached hydrogens (tertiary/aromatic N) is 1. The number of amides is 2. The third-order valence-electron chi connectivity index (χ3n) is 4.82. The fourth-order valence-electron chi connectivity index (χ4n) is 3.25. The summed E-state index contributed by atoms with van der Waals surface area (Å²) < 4.78 is 32.4. The Kier molecular flexibility index (Phi) is 6.96. The number of carbonyl (C=O) groups excluding carboxylic acids is 2. The topological polar surface area (TPSA) is 105 Å². The number of methoxy groups -OCH3 is 1. The van der Waals surface area contributed by atoms with Gasteiger partial charge in [0.25, 0.3) is 0 Å². The van der Waals surface area contributed by atoms with Gasteiger partial charge in [-0.1, -0.05) is 23.7 Å². The molecule has 2 N–H and O–H groups in total. The van der Waals surface area contributed by atoms with Gasteiger partial charge in [0, 0.05) is 19.1 Å². The van der Waals surface area contributed by atoms with Crippen LogP contribution in [0.2, 0.25) is 5.02 Å². The van der Waals surface area contributed by atoms with Crippen LogP contribution in [0.4, 0.5) is 5.69 Å². The molecule has 160 valence electrons. The van der Waals surface area contributed by atoms with E-state index in [1.54, 1.807) is 36.4 Å². The standard InChI is InChI=1S/C20H22ClN3O5S/c1-29-15-8-10-16(11-9-15)30(27,28)24-12-4-5-14(24)13-22-19(25)20(26)23-18-7-3-2-6-17(18)21/h2-3,6-11,14H,4-5,12-13H2,1H3,(H,22,25)(H,23,26). The molecule has 0 radical (unpaired) electrons. The van der Waals surface area contributed by atoms with Crippen LogP contribution in [0, 0.1) is 0 Å². The molecule has 0 bridgehead atoms. The molecule has 0 aliphatic carbocycles. The van der Waals surface area contributed by atoms with Gasteiger partial charge < -0.3 is 15.4 Å². The van der Waals surface area contributed by atoms with Gasteiger partial charge in [0.05, 0.1) is 22.7 Å². The van der Waals surface area contributed by atoms with Crippen LogP contribution in [-0.4, -0.2) is 50.8 Å². The van der Waals surface area contributed by atoms with E-state index in [0.717, 1.165) is 0 Å². The minimum Gasteiger partial charge on any atom is -0.497 e. The fraction of sp³-hybridized carbons (Fsp3) is 0.300. The molecular formula is C20H22ClN3O5S. The zero-order chi connectivity index (χ0) is 21.7. The number of rotatable bonds is 6. The molecule has 1 aliphatic heterocycles. The second-order valence-corrected chi connectivity index (χ2v) is 9.03. The van der Waals surface area contributed by atoms with Gasteiger partial charge in [0.2, 0.25) is 10.0 Å². The number of benzene rings is 2. The van der Waals surface area contributed by atoms with Crippen molar-refractivity contribution in [2.75, 3.05) is 25.5 Å². The molecule has 30 heavy (non-hydrogen) atoms. The van der Waals surface area contributed by atoms with Crippen molar-refractivity contribution < 1.29 is 22.7 Å². The lowest BCUT2D eigenvalue weighted by Crippen LogP contribution is -2.45. The SMILES string of the molecule is COc1ccc(S(=O)(=O)N2CCCC2CNC(=O)C(=O)Nc2ccccc2Cl)cc1. The minimum atomic E-state index is -3.73. The first kappa shape index (κ1) is 22.1. The third kappa shape index (κ3) is 4.92. The summed E-state index contributed by atoms with van der Waals surface area (Å²) in [6.45, 7) is 0.380. The summed E-state index contributed by atoms with van der Waals surface area (Å²) in [4.78, 5) is 24.4. The Labute approximate surface area is 180 Å². The van der Waals surface area contributed by atoms with Gasteiger partial charge in [0.1, 0.15) is 5.75 Å². The van der Waals surface area contributed by atoms with Gasteiger partial charge in [-0.05, 0) is 49.2 Å². The van der Waals surface area contributed by atoms with Crippen LogP contribution in [0.15, 0.2) is 53.4 Å². The number of halogens is 1. The average Bonchev–Trinajstić information content (AvgIpc) is 3.23. The molecule has 1 fully saturated rings. The van der Waals surface area contributed by atoms with E-state index in [9.17, 15) is 18.0 Å². The molecule has 1 unspecified atom stereocenters. The van der Waals surface area contributed by atoms with Crippen molar-refractivity contribution in [3.8, 4) is 5.75 Å². The second-order valence-electron chi connectivity index (χ2n) is 6.73. The first-order valence-corrected chi connectivity index (χ1v) is 11.1. The zero-order valence-corrected chi connectivity index (χ0v) is 17.9. The number of nitrogens with one attached hydrogen (secondary N) is 2. The molecule has 8 nitrogen and oxygen atoms in total. The average molecular weight is 452 g/mol. The second kappa shape index (κ2) is 9.46. The molecule has 1 atom stereocenters. The van der Waals surface area contributed by atoms with Crippen LogP contribution in [0.1, 0.15) is 12.8 Å². The maximum absolute atomic E-state index is 13.0. The molecular weight excluding hydrogens is 430 g/mol. The van der Waals surface area contributed by atoms with Crippen LogP contribution < -0.4 is 15.4 Å². The largest absolute Gasteiger partial charge is 0.497 e. The van der Waals surface area contributed by atoms with Gasteiger partial charge in [-0.25, -0.2) is 8.42 Å². The molecule has 2 amide bonds. The van der Waals surface area contributed by atoms with E-state index in [2.05, 4.69) is 10.6 Å². The van der Waals surface area contributed by atoms with E-state index in [1.165, 1.54) is 23.5 Å². The molecule has 1 heterocycles. The Bertz CT molecular complexity index is 1030. The summed E-state index contributed by atoms with van der Waals surface area (Å²) in [5.74, 6) is -1.17. The number of carbonyl (C=O) groups is 2. The molecule has 0 saturated carbocycles. The first-order valence-electron chi connectivity index (χ1n) is 9.32. The van der Waals surface area contributed by atoms with Gasteiger partial charge in [-0.15, -0.1) is 0 Å². The summed E-state index contributed by atoms with van der Waals surface area (Å²) in [7, 11) is -2.22. The van der Waals surface area contributed by atoms with E-state index in [-0.39, 0.29) is 11.4 Å². The van der Waals surface area contributed by atoms with Crippen molar-refractivity contribution in [3.05, 3.63) is 53.6 Å². The van der Waals surface area contributed by atoms with Gasteiger partial charge in [0.15, 0.2) is 0 Å². The molecule has 2 aromatic rings. The van der Waals surface area contributed by atoms with Crippen LogP contribution in [0.5, 0.6) is 5.75 Å².